The molecule has 0 aliphatic rings. The van der Waals surface area contributed by atoms with E-state index in [-0.39, 0.29) is 5.57 Å². The zero-order valence-corrected chi connectivity index (χ0v) is 16.3. The third-order valence-electron chi connectivity index (χ3n) is 3.09. The van der Waals surface area contributed by atoms with Gasteiger partial charge in [-0.05, 0) is 65.3 Å². The van der Waals surface area contributed by atoms with Crippen LogP contribution in [0.2, 0.25) is 0 Å². The maximum Gasteiger partial charge on any atom is 0.266 e. The van der Waals surface area contributed by atoms with Crippen molar-refractivity contribution in [2.45, 2.75) is 6.92 Å². The summed E-state index contributed by atoms with van der Waals surface area (Å²) >= 11 is 6.78. The Morgan fingerprint density at radius 2 is 2.00 bits per heavy atom. The monoisotopic (exact) mass is 466 g/mol. The molecule has 128 valence electrons. The van der Waals surface area contributed by atoms with Gasteiger partial charge in [0, 0.05) is 15.7 Å². The summed E-state index contributed by atoms with van der Waals surface area (Å²) < 4.78 is 20.0. The fraction of sp³-hybridized carbons (Fsp3) is 0.111. The molecule has 4 nitrogen and oxygen atoms in total. The van der Waals surface area contributed by atoms with E-state index in [9.17, 15) is 14.4 Å². The molecule has 2 aromatic carbocycles. The normalized spacial score (nSPS) is 10.9. The lowest BCUT2D eigenvalue weighted by molar-refractivity contribution is -0.112. The van der Waals surface area contributed by atoms with Gasteiger partial charge in [-0.1, -0.05) is 15.9 Å². The minimum absolute atomic E-state index is 0.102. The number of nitrogens with one attached hydrogen (secondary N) is 1. The van der Waals surface area contributed by atoms with E-state index in [0.29, 0.717) is 28.1 Å². The molecule has 1 N–H and O–H groups in total. The second-order valence-corrected chi connectivity index (χ2v) is 6.64. The van der Waals surface area contributed by atoms with Crippen molar-refractivity contribution in [1.29, 1.82) is 5.26 Å². The van der Waals surface area contributed by atoms with Crippen molar-refractivity contribution in [1.82, 2.24) is 0 Å². The third-order valence-corrected chi connectivity index (χ3v) is 4.14. The molecule has 0 aliphatic heterocycles. The van der Waals surface area contributed by atoms with Crippen LogP contribution < -0.4 is 10.1 Å². The van der Waals surface area contributed by atoms with Crippen LogP contribution in [0, 0.1) is 17.1 Å². The summed E-state index contributed by atoms with van der Waals surface area (Å²) in [5, 5.41) is 11.9. The molecule has 0 fully saturated rings. The number of amides is 1. The van der Waals surface area contributed by atoms with Crippen molar-refractivity contribution in [3.05, 3.63) is 62.3 Å². The van der Waals surface area contributed by atoms with Crippen LogP contribution in [0.3, 0.4) is 0 Å². The quantitative estimate of drug-likeness (QED) is 0.479. The number of nitriles is 1. The first-order valence-corrected chi connectivity index (χ1v) is 8.83. The van der Waals surface area contributed by atoms with E-state index in [1.165, 1.54) is 30.3 Å². The van der Waals surface area contributed by atoms with Crippen LogP contribution in [0.5, 0.6) is 5.75 Å². The summed E-state index contributed by atoms with van der Waals surface area (Å²) in [7, 11) is 0. The first kappa shape index (κ1) is 19.2. The highest BCUT2D eigenvalue weighted by Gasteiger charge is 2.14. The van der Waals surface area contributed by atoms with E-state index in [2.05, 4.69) is 37.2 Å². The van der Waals surface area contributed by atoms with Crippen LogP contribution in [0.25, 0.3) is 6.08 Å². The molecule has 25 heavy (non-hydrogen) atoms. The third kappa shape index (κ3) is 5.15. The Labute approximate surface area is 161 Å². The van der Waals surface area contributed by atoms with Crippen molar-refractivity contribution in [3.63, 3.8) is 0 Å². The molecule has 0 saturated heterocycles. The summed E-state index contributed by atoms with van der Waals surface area (Å²) in [6.45, 7) is 2.28. The summed E-state index contributed by atoms with van der Waals surface area (Å²) in [6.07, 6.45) is 1.44. The van der Waals surface area contributed by atoms with Crippen LogP contribution in [0.1, 0.15) is 12.5 Å². The van der Waals surface area contributed by atoms with Gasteiger partial charge in [-0.15, -0.1) is 0 Å². The number of carbonyl (C=O) groups excluding carboxylic acids is 1. The number of hydrogen-bond acceptors (Lipinski definition) is 3. The van der Waals surface area contributed by atoms with Gasteiger partial charge in [-0.3, -0.25) is 4.79 Å². The Morgan fingerprint density at radius 1 is 1.32 bits per heavy atom. The van der Waals surface area contributed by atoms with Gasteiger partial charge in [-0.25, -0.2) is 4.39 Å². The molecule has 0 atom stereocenters. The Hall–Kier alpha value is -2.17. The lowest BCUT2D eigenvalue weighted by Crippen LogP contribution is -2.13. The van der Waals surface area contributed by atoms with Gasteiger partial charge >= 0.3 is 0 Å². The maximum atomic E-state index is 12.9. The van der Waals surface area contributed by atoms with E-state index >= 15 is 0 Å². The topological polar surface area (TPSA) is 62.1 Å². The first-order valence-electron chi connectivity index (χ1n) is 7.25. The van der Waals surface area contributed by atoms with E-state index in [1.807, 2.05) is 19.1 Å². The molecule has 0 saturated carbocycles. The van der Waals surface area contributed by atoms with E-state index in [0.717, 1.165) is 4.47 Å². The standard InChI is InChI=1S/C18H13Br2FN2O2/c1-2-25-17-11(8-13(19)9-16(17)20)7-12(10-22)18(24)23-15-5-3-14(21)4-6-15/h3-9H,2H2,1H3,(H,23,24)/b12-7+. The summed E-state index contributed by atoms with van der Waals surface area (Å²) in [4.78, 5) is 12.3. The predicted octanol–water partition coefficient (Wildman–Crippen LogP) is 5.30. The van der Waals surface area contributed by atoms with Gasteiger partial charge in [0.15, 0.2) is 0 Å². The molecule has 0 unspecified atom stereocenters. The van der Waals surface area contributed by atoms with Crippen molar-refractivity contribution in [2.24, 2.45) is 0 Å². The summed E-state index contributed by atoms with van der Waals surface area (Å²) in [6, 6.07) is 10.7. The average molecular weight is 468 g/mol. The van der Waals surface area contributed by atoms with Gasteiger partial charge in [0.25, 0.3) is 5.91 Å². The zero-order valence-electron chi connectivity index (χ0n) is 13.1. The first-order chi connectivity index (χ1) is 11.9. The highest BCUT2D eigenvalue weighted by molar-refractivity contribution is 9.11. The van der Waals surface area contributed by atoms with E-state index in [1.54, 1.807) is 6.07 Å². The van der Waals surface area contributed by atoms with Gasteiger partial charge in [0.05, 0.1) is 11.1 Å². The van der Waals surface area contributed by atoms with Crippen LogP contribution >= 0.6 is 31.9 Å². The van der Waals surface area contributed by atoms with Crippen LogP contribution in [-0.4, -0.2) is 12.5 Å². The molecule has 2 aromatic rings. The minimum Gasteiger partial charge on any atom is -0.492 e. The molecule has 7 heteroatoms. The van der Waals surface area contributed by atoms with Crippen molar-refractivity contribution in [3.8, 4) is 11.8 Å². The SMILES string of the molecule is CCOc1c(Br)cc(Br)cc1/C=C(\C#N)C(=O)Nc1ccc(F)cc1. The number of nitrogens with zero attached hydrogens (tertiary/aromatic N) is 1. The number of hydrogen-bond donors (Lipinski definition) is 1. The molecule has 0 bridgehead atoms. The number of halogens is 3. The lowest BCUT2D eigenvalue weighted by Gasteiger charge is -2.11. The Balaban J connectivity index is 2.35. The molecule has 2 rings (SSSR count). The molecular weight excluding hydrogens is 455 g/mol. The van der Waals surface area contributed by atoms with Crippen molar-refractivity contribution in [2.75, 3.05) is 11.9 Å². The molecule has 0 aliphatic carbocycles. The second kappa shape index (κ2) is 8.79. The van der Waals surface area contributed by atoms with Crippen LogP contribution in [0.15, 0.2) is 50.9 Å². The minimum atomic E-state index is -0.590. The molecule has 0 heterocycles. The number of anilines is 1. The highest BCUT2D eigenvalue weighted by Crippen LogP contribution is 2.34. The second-order valence-electron chi connectivity index (χ2n) is 4.87. The van der Waals surface area contributed by atoms with Gasteiger partial charge < -0.3 is 10.1 Å². The zero-order chi connectivity index (χ0) is 18.4. The van der Waals surface area contributed by atoms with Crippen LogP contribution in [0.4, 0.5) is 10.1 Å². The molecular formula is C18H13Br2FN2O2. The van der Waals surface area contributed by atoms with Gasteiger partial charge in [0.2, 0.25) is 0 Å². The number of ether oxygens (including phenoxy) is 1. The fourth-order valence-corrected chi connectivity index (χ4v) is 3.39. The maximum absolute atomic E-state index is 12.9. The lowest BCUT2D eigenvalue weighted by atomic mass is 10.1. The molecule has 0 aromatic heterocycles. The molecule has 0 radical (unpaired) electrons. The Morgan fingerprint density at radius 3 is 2.60 bits per heavy atom. The van der Waals surface area contributed by atoms with Gasteiger partial charge in [-0.2, -0.15) is 5.26 Å². The average Bonchev–Trinajstić information content (AvgIpc) is 2.57. The van der Waals surface area contributed by atoms with Crippen molar-refractivity contribution < 1.29 is 13.9 Å². The predicted molar refractivity (Wildman–Crippen MR) is 102 cm³/mol. The number of rotatable bonds is 5. The molecule has 0 spiro atoms. The fourth-order valence-electron chi connectivity index (χ4n) is 2.02. The summed E-state index contributed by atoms with van der Waals surface area (Å²) in [5.74, 6) is -0.463. The molecule has 1 amide bonds. The number of carbonyl (C=O) groups is 1. The smallest absolute Gasteiger partial charge is 0.266 e. The Bertz CT molecular complexity index is 859. The van der Waals surface area contributed by atoms with Gasteiger partial charge in [0.1, 0.15) is 23.2 Å². The van der Waals surface area contributed by atoms with E-state index < -0.39 is 11.7 Å². The van der Waals surface area contributed by atoms with E-state index in [4.69, 9.17) is 4.74 Å². The highest BCUT2D eigenvalue weighted by atomic mass is 79.9. The van der Waals surface area contributed by atoms with Crippen molar-refractivity contribution >= 4 is 49.5 Å². The Kier molecular flexibility index (Phi) is 6.73. The number of benzene rings is 2. The summed E-state index contributed by atoms with van der Waals surface area (Å²) in [5.41, 5.74) is 0.872. The largest absolute Gasteiger partial charge is 0.492 e. The van der Waals surface area contributed by atoms with Crippen LogP contribution in [-0.2, 0) is 4.79 Å².